The van der Waals surface area contributed by atoms with Gasteiger partial charge >= 0.3 is 0 Å². The molecule has 142 valence electrons. The summed E-state index contributed by atoms with van der Waals surface area (Å²) >= 11 is 0. The molecule has 0 atom stereocenters. The standard InChI is InChI=1S/C24H29NO2/c1-2-24(26)23-10-5-7-20(19-23)12-13-22-9-4-3-8-21(22)11-6-14-25-15-17-27-18-16-25/h3-5,7-10,12-13,19H,2,6,11,14-18H2,1H3/b13-12+. The van der Waals surface area contributed by atoms with Gasteiger partial charge in [-0.05, 0) is 42.1 Å². The summed E-state index contributed by atoms with van der Waals surface area (Å²) in [4.78, 5) is 14.4. The molecule has 3 rings (SSSR count). The third kappa shape index (κ3) is 5.88. The number of ketones is 1. The van der Waals surface area contributed by atoms with E-state index in [0.717, 1.165) is 56.8 Å². The van der Waals surface area contributed by atoms with Crippen LogP contribution in [0.1, 0.15) is 46.8 Å². The Labute approximate surface area is 162 Å². The lowest BCUT2D eigenvalue weighted by Gasteiger charge is -2.26. The molecule has 1 fully saturated rings. The van der Waals surface area contributed by atoms with E-state index in [9.17, 15) is 4.79 Å². The Morgan fingerprint density at radius 3 is 2.70 bits per heavy atom. The molecule has 1 aliphatic rings. The van der Waals surface area contributed by atoms with E-state index >= 15 is 0 Å². The second-order valence-corrected chi connectivity index (χ2v) is 6.99. The zero-order valence-corrected chi connectivity index (χ0v) is 16.2. The highest BCUT2D eigenvalue weighted by molar-refractivity contribution is 5.96. The van der Waals surface area contributed by atoms with Gasteiger partial charge in [0.25, 0.3) is 0 Å². The van der Waals surface area contributed by atoms with E-state index in [0.29, 0.717) is 6.42 Å². The smallest absolute Gasteiger partial charge is 0.162 e. The first-order chi connectivity index (χ1) is 13.3. The summed E-state index contributed by atoms with van der Waals surface area (Å²) in [5, 5.41) is 0. The fourth-order valence-corrected chi connectivity index (χ4v) is 3.45. The van der Waals surface area contributed by atoms with E-state index in [4.69, 9.17) is 4.74 Å². The highest BCUT2D eigenvalue weighted by Gasteiger charge is 2.10. The summed E-state index contributed by atoms with van der Waals surface area (Å²) in [6.07, 6.45) is 7.05. The van der Waals surface area contributed by atoms with Crippen LogP contribution in [0.2, 0.25) is 0 Å². The minimum Gasteiger partial charge on any atom is -0.379 e. The Hall–Kier alpha value is -2.23. The summed E-state index contributed by atoms with van der Waals surface area (Å²) < 4.78 is 5.42. The lowest BCUT2D eigenvalue weighted by atomic mass is 10.0. The average molecular weight is 364 g/mol. The quantitative estimate of drug-likeness (QED) is 0.502. The average Bonchev–Trinajstić information content (AvgIpc) is 2.73. The molecule has 1 heterocycles. The van der Waals surface area contributed by atoms with Crippen molar-refractivity contribution in [2.45, 2.75) is 26.2 Å². The largest absolute Gasteiger partial charge is 0.379 e. The third-order valence-corrected chi connectivity index (χ3v) is 5.06. The third-order valence-electron chi connectivity index (χ3n) is 5.06. The van der Waals surface area contributed by atoms with Crippen molar-refractivity contribution >= 4 is 17.9 Å². The van der Waals surface area contributed by atoms with E-state index in [2.05, 4.69) is 41.3 Å². The Kier molecular flexibility index (Phi) is 7.37. The molecule has 1 saturated heterocycles. The van der Waals surface area contributed by atoms with Crippen LogP contribution in [0.4, 0.5) is 0 Å². The number of carbonyl (C=O) groups excluding carboxylic acids is 1. The zero-order chi connectivity index (χ0) is 18.9. The molecule has 0 saturated carbocycles. The van der Waals surface area contributed by atoms with Crippen molar-refractivity contribution in [3.63, 3.8) is 0 Å². The number of hydrogen-bond acceptors (Lipinski definition) is 3. The van der Waals surface area contributed by atoms with E-state index in [1.54, 1.807) is 0 Å². The van der Waals surface area contributed by atoms with Crippen LogP contribution in [0.3, 0.4) is 0 Å². The summed E-state index contributed by atoms with van der Waals surface area (Å²) in [7, 11) is 0. The fraction of sp³-hybridized carbons (Fsp3) is 0.375. The first-order valence-electron chi connectivity index (χ1n) is 9.95. The number of carbonyl (C=O) groups is 1. The summed E-state index contributed by atoms with van der Waals surface area (Å²) in [5.74, 6) is 0.189. The van der Waals surface area contributed by atoms with Crippen LogP contribution < -0.4 is 0 Å². The molecule has 2 aromatic carbocycles. The van der Waals surface area contributed by atoms with Gasteiger partial charge in [0.2, 0.25) is 0 Å². The van der Waals surface area contributed by atoms with Gasteiger partial charge in [0.1, 0.15) is 0 Å². The van der Waals surface area contributed by atoms with Gasteiger partial charge in [-0.3, -0.25) is 9.69 Å². The summed E-state index contributed by atoms with van der Waals surface area (Å²) in [6.45, 7) is 6.85. The SMILES string of the molecule is CCC(=O)c1cccc(/C=C/c2ccccc2CCCN2CCOCC2)c1. The van der Waals surface area contributed by atoms with Gasteiger partial charge in [-0.15, -0.1) is 0 Å². The lowest BCUT2D eigenvalue weighted by Crippen LogP contribution is -2.36. The molecule has 0 aliphatic carbocycles. The van der Waals surface area contributed by atoms with Crippen LogP contribution in [-0.4, -0.2) is 43.5 Å². The zero-order valence-electron chi connectivity index (χ0n) is 16.2. The molecule has 0 N–H and O–H groups in total. The highest BCUT2D eigenvalue weighted by Crippen LogP contribution is 2.17. The molecule has 27 heavy (non-hydrogen) atoms. The van der Waals surface area contributed by atoms with E-state index < -0.39 is 0 Å². The van der Waals surface area contributed by atoms with E-state index in [1.165, 1.54) is 11.1 Å². The number of nitrogens with zero attached hydrogens (tertiary/aromatic N) is 1. The number of rotatable bonds is 8. The minimum atomic E-state index is 0.189. The Balaban J connectivity index is 1.63. The fourth-order valence-electron chi connectivity index (χ4n) is 3.45. The van der Waals surface area contributed by atoms with Crippen LogP contribution in [0.25, 0.3) is 12.2 Å². The maximum absolute atomic E-state index is 11.9. The van der Waals surface area contributed by atoms with Crippen molar-refractivity contribution in [3.8, 4) is 0 Å². The number of morpholine rings is 1. The Bertz CT molecular complexity index is 775. The second kappa shape index (κ2) is 10.2. The molecular weight excluding hydrogens is 334 g/mol. The van der Waals surface area contributed by atoms with Crippen molar-refractivity contribution in [3.05, 3.63) is 70.8 Å². The van der Waals surface area contributed by atoms with Gasteiger partial charge in [-0.2, -0.15) is 0 Å². The first-order valence-corrected chi connectivity index (χ1v) is 9.95. The van der Waals surface area contributed by atoms with Crippen molar-refractivity contribution in [1.29, 1.82) is 0 Å². The van der Waals surface area contributed by atoms with Gasteiger partial charge in [-0.1, -0.05) is 61.5 Å². The van der Waals surface area contributed by atoms with Crippen LogP contribution in [-0.2, 0) is 11.2 Å². The minimum absolute atomic E-state index is 0.189. The number of aryl methyl sites for hydroxylation is 1. The number of hydrogen-bond donors (Lipinski definition) is 0. The second-order valence-electron chi connectivity index (χ2n) is 6.99. The molecule has 1 aliphatic heterocycles. The highest BCUT2D eigenvalue weighted by atomic mass is 16.5. The van der Waals surface area contributed by atoms with Crippen LogP contribution in [0.15, 0.2) is 48.5 Å². The predicted molar refractivity (Wildman–Crippen MR) is 112 cm³/mol. The summed E-state index contributed by atoms with van der Waals surface area (Å²) in [5.41, 5.74) is 4.49. The van der Waals surface area contributed by atoms with Crippen LogP contribution in [0.5, 0.6) is 0 Å². The lowest BCUT2D eigenvalue weighted by molar-refractivity contribution is 0.0374. The number of benzene rings is 2. The first kappa shape index (κ1) is 19.5. The monoisotopic (exact) mass is 363 g/mol. The van der Waals surface area contributed by atoms with Gasteiger partial charge in [0.05, 0.1) is 13.2 Å². The molecule has 3 nitrogen and oxygen atoms in total. The molecule has 0 amide bonds. The van der Waals surface area contributed by atoms with Crippen molar-refractivity contribution < 1.29 is 9.53 Å². The van der Waals surface area contributed by atoms with Crippen molar-refractivity contribution in [2.24, 2.45) is 0 Å². The van der Waals surface area contributed by atoms with E-state index in [1.807, 2.05) is 31.2 Å². The predicted octanol–water partition coefficient (Wildman–Crippen LogP) is 4.71. The van der Waals surface area contributed by atoms with Crippen LogP contribution >= 0.6 is 0 Å². The normalized spacial score (nSPS) is 15.3. The molecule has 3 heteroatoms. The number of Topliss-reactive ketones (excluding diaryl/α,β-unsaturated/α-hetero) is 1. The van der Waals surface area contributed by atoms with Gasteiger partial charge < -0.3 is 4.74 Å². The van der Waals surface area contributed by atoms with Crippen molar-refractivity contribution in [2.75, 3.05) is 32.8 Å². The van der Waals surface area contributed by atoms with Gasteiger partial charge in [-0.25, -0.2) is 0 Å². The molecule has 0 spiro atoms. The maximum atomic E-state index is 11.9. The Morgan fingerprint density at radius 1 is 1.07 bits per heavy atom. The number of ether oxygens (including phenoxy) is 1. The summed E-state index contributed by atoms with van der Waals surface area (Å²) in [6, 6.07) is 16.5. The molecular formula is C24H29NO2. The van der Waals surface area contributed by atoms with Crippen LogP contribution in [0, 0.1) is 0 Å². The molecule has 0 unspecified atom stereocenters. The van der Waals surface area contributed by atoms with E-state index in [-0.39, 0.29) is 5.78 Å². The molecule has 2 aromatic rings. The molecule has 0 aromatic heterocycles. The van der Waals surface area contributed by atoms with Gasteiger partial charge in [0, 0.05) is 25.1 Å². The van der Waals surface area contributed by atoms with Gasteiger partial charge in [0.15, 0.2) is 5.78 Å². The molecule has 0 radical (unpaired) electrons. The topological polar surface area (TPSA) is 29.5 Å². The van der Waals surface area contributed by atoms with Crippen molar-refractivity contribution in [1.82, 2.24) is 4.90 Å². The Morgan fingerprint density at radius 2 is 1.89 bits per heavy atom. The molecule has 0 bridgehead atoms. The maximum Gasteiger partial charge on any atom is 0.162 e.